The van der Waals surface area contributed by atoms with Crippen LogP contribution in [0.2, 0.25) is 0 Å². The molecule has 3 nitrogen and oxygen atoms in total. The van der Waals surface area contributed by atoms with E-state index in [9.17, 15) is 0 Å². The number of benzene rings is 4. The van der Waals surface area contributed by atoms with Crippen LogP contribution in [0.25, 0.3) is 67.4 Å². The van der Waals surface area contributed by atoms with E-state index in [1.807, 2.05) is 55.5 Å². The average Bonchev–Trinajstić information content (AvgIpc) is 4.00. The minimum atomic E-state index is 0.0299. The maximum atomic E-state index is 4.31. The molecule has 0 amide bonds. The van der Waals surface area contributed by atoms with E-state index < -0.39 is 0 Å². The number of rotatable bonds is 13. The molecular weight excluding hydrogens is 727 g/mol. The third-order valence-electron chi connectivity index (χ3n) is 11.6. The van der Waals surface area contributed by atoms with Crippen LogP contribution in [-0.4, -0.2) is 15.7 Å². The normalized spacial score (nSPS) is 14.8. The maximum Gasteiger partial charge on any atom is 0.0776 e. The average molecular weight is 780 g/mol. The van der Waals surface area contributed by atoms with Crippen LogP contribution in [0.5, 0.6) is 0 Å². The Hall–Kier alpha value is -7.06. The van der Waals surface area contributed by atoms with E-state index in [-0.39, 0.29) is 5.41 Å². The minimum absolute atomic E-state index is 0.0299. The van der Waals surface area contributed by atoms with E-state index in [0.717, 1.165) is 52.0 Å². The quantitative estimate of drug-likeness (QED) is 0.0915. The monoisotopic (exact) mass is 779 g/mol. The molecule has 2 aliphatic rings. The van der Waals surface area contributed by atoms with E-state index in [1.165, 1.54) is 55.3 Å². The van der Waals surface area contributed by atoms with E-state index >= 15 is 0 Å². The highest BCUT2D eigenvalue weighted by molar-refractivity contribution is 6.11. The Bertz CT molecular complexity index is 2990. The molecule has 2 aromatic heterocycles. The van der Waals surface area contributed by atoms with Gasteiger partial charge in [0, 0.05) is 39.7 Å². The molecule has 2 heterocycles. The predicted octanol–water partition coefficient (Wildman–Crippen LogP) is 14.9. The fourth-order valence-corrected chi connectivity index (χ4v) is 8.65. The second-order valence-electron chi connectivity index (χ2n) is 16.3. The van der Waals surface area contributed by atoms with Crippen LogP contribution in [0.15, 0.2) is 206 Å². The summed E-state index contributed by atoms with van der Waals surface area (Å²) in [6.45, 7) is 22.2. The highest BCUT2D eigenvalue weighted by atomic mass is 15.0. The highest BCUT2D eigenvalue weighted by Crippen LogP contribution is 2.41. The lowest BCUT2D eigenvalue weighted by Crippen LogP contribution is -2.12. The van der Waals surface area contributed by atoms with Crippen molar-refractivity contribution in [1.29, 1.82) is 0 Å². The van der Waals surface area contributed by atoms with Crippen molar-refractivity contribution < 1.29 is 0 Å². The zero-order valence-electron chi connectivity index (χ0n) is 35.3. The lowest BCUT2D eigenvalue weighted by molar-refractivity contribution is 0.592. The number of aromatic nitrogens is 2. The summed E-state index contributed by atoms with van der Waals surface area (Å²) in [7, 11) is 0. The number of hydrogen-bond donors (Lipinski definition) is 1. The van der Waals surface area contributed by atoms with Gasteiger partial charge in [0.15, 0.2) is 0 Å². The number of fused-ring (bicyclic) bond motifs is 4. The molecule has 0 aliphatic heterocycles. The lowest BCUT2D eigenvalue weighted by Gasteiger charge is -2.23. The standard InChI is InChI=1S/C57H53N3/c1-8-12-19-40(9-2)26-27-42(36-37-58-44-20-13-14-21-44)41-28-31-45(32-29-41)59-53(11-4)47(10-3)51-39-46(33-35-56(51)59)60-54-25-18-16-23-49(54)50-38-43(30-34-55(50)60)48-22-15-17-24-52(48)57(5,6)7/h8-20,22-28,30-31,33-36,38-39,58H,2-4,29,32,37H2,1,5-7H3/b12-8-,27-26-,40-19+,42-36+. The fraction of sp³-hybridized carbons (Fsp3) is 0.140. The van der Waals surface area contributed by atoms with Gasteiger partial charge in [0.05, 0.1) is 27.9 Å². The smallest absolute Gasteiger partial charge is 0.0776 e. The van der Waals surface area contributed by atoms with Crippen molar-refractivity contribution in [3.05, 3.63) is 223 Å². The first-order valence-electron chi connectivity index (χ1n) is 20.9. The second kappa shape index (κ2) is 17.0. The predicted molar refractivity (Wildman–Crippen MR) is 261 cm³/mol. The van der Waals surface area contributed by atoms with Gasteiger partial charge in [-0.3, -0.25) is 0 Å². The summed E-state index contributed by atoms with van der Waals surface area (Å²) >= 11 is 0. The summed E-state index contributed by atoms with van der Waals surface area (Å²) in [6, 6.07) is 31.4. The van der Waals surface area contributed by atoms with E-state index in [2.05, 4.69) is 182 Å². The van der Waals surface area contributed by atoms with Gasteiger partial charge in [-0.25, -0.2) is 0 Å². The molecule has 0 atom stereocenters. The Morgan fingerprint density at radius 2 is 1.58 bits per heavy atom. The fourth-order valence-electron chi connectivity index (χ4n) is 8.65. The molecule has 8 rings (SSSR count). The van der Waals surface area contributed by atoms with Crippen LogP contribution in [0.4, 0.5) is 0 Å². The van der Waals surface area contributed by atoms with Crippen molar-refractivity contribution >= 4 is 50.6 Å². The van der Waals surface area contributed by atoms with Crippen LogP contribution in [0.3, 0.4) is 0 Å². The van der Waals surface area contributed by atoms with Gasteiger partial charge < -0.3 is 14.5 Å². The number of nitrogens with one attached hydrogen (secondary N) is 1. The third-order valence-corrected chi connectivity index (χ3v) is 11.6. The van der Waals surface area contributed by atoms with Gasteiger partial charge in [-0.15, -0.1) is 0 Å². The molecule has 6 aromatic rings. The van der Waals surface area contributed by atoms with E-state index in [0.29, 0.717) is 6.54 Å². The molecule has 0 saturated heterocycles. The minimum Gasteiger partial charge on any atom is -0.375 e. The molecule has 0 saturated carbocycles. The van der Waals surface area contributed by atoms with Crippen LogP contribution in [0, 0.1) is 0 Å². The molecule has 1 N–H and O–H groups in total. The topological polar surface area (TPSA) is 21.9 Å². The number of hydrogen-bond acceptors (Lipinski definition) is 1. The lowest BCUT2D eigenvalue weighted by atomic mass is 9.82. The first kappa shape index (κ1) is 39.8. The summed E-state index contributed by atoms with van der Waals surface area (Å²) in [6.07, 6.45) is 30.9. The van der Waals surface area contributed by atoms with Crippen molar-refractivity contribution in [2.75, 3.05) is 6.54 Å². The summed E-state index contributed by atoms with van der Waals surface area (Å²) in [5, 5.41) is 7.11. The molecule has 296 valence electrons. The van der Waals surface area contributed by atoms with Gasteiger partial charge in [0.2, 0.25) is 0 Å². The zero-order valence-corrected chi connectivity index (χ0v) is 35.3. The molecule has 0 radical (unpaired) electrons. The second-order valence-corrected chi connectivity index (χ2v) is 16.3. The Kier molecular flexibility index (Phi) is 11.3. The Morgan fingerprint density at radius 1 is 0.800 bits per heavy atom. The summed E-state index contributed by atoms with van der Waals surface area (Å²) in [5.74, 6) is 0. The van der Waals surface area contributed by atoms with Crippen LogP contribution in [0.1, 0.15) is 57.4 Å². The maximum absolute atomic E-state index is 4.31. The van der Waals surface area contributed by atoms with Gasteiger partial charge in [0.25, 0.3) is 0 Å². The first-order valence-corrected chi connectivity index (χ1v) is 20.9. The molecule has 0 fully saturated rings. The molecule has 60 heavy (non-hydrogen) atoms. The molecule has 0 unspecified atom stereocenters. The SMILES string of the molecule is C=CC(/C=C\C(=C/CNC1=C=CC=C1)C1=CC=C(n2c(C=C)c(C=C)c3cc(-n4c5ccccc5c5cc(-c6ccccc6C(C)(C)C)ccc54)ccc32)CC1)=C\C=C/C. The van der Waals surface area contributed by atoms with Crippen LogP contribution in [-0.2, 0) is 5.41 Å². The first-order chi connectivity index (χ1) is 29.2. The molecule has 2 aliphatic carbocycles. The van der Waals surface area contributed by atoms with Gasteiger partial charge in [-0.1, -0.05) is 156 Å². The van der Waals surface area contributed by atoms with Crippen molar-refractivity contribution in [2.45, 2.75) is 46.0 Å². The Labute approximate surface area is 355 Å². The summed E-state index contributed by atoms with van der Waals surface area (Å²) in [5.41, 5.74) is 19.7. The zero-order chi connectivity index (χ0) is 41.8. The van der Waals surface area contributed by atoms with Crippen molar-refractivity contribution in [3.63, 3.8) is 0 Å². The highest BCUT2D eigenvalue weighted by Gasteiger charge is 2.22. The molecular formula is C57H53N3. The largest absolute Gasteiger partial charge is 0.375 e. The Morgan fingerprint density at radius 3 is 2.32 bits per heavy atom. The van der Waals surface area contributed by atoms with Gasteiger partial charge in [-0.05, 0) is 119 Å². The van der Waals surface area contributed by atoms with Crippen molar-refractivity contribution in [2.24, 2.45) is 0 Å². The van der Waals surface area contributed by atoms with Gasteiger partial charge in [0.1, 0.15) is 0 Å². The van der Waals surface area contributed by atoms with Crippen molar-refractivity contribution in [3.8, 4) is 16.8 Å². The van der Waals surface area contributed by atoms with Crippen LogP contribution >= 0.6 is 0 Å². The molecule has 4 aromatic carbocycles. The van der Waals surface area contributed by atoms with Crippen molar-refractivity contribution in [1.82, 2.24) is 14.5 Å². The summed E-state index contributed by atoms with van der Waals surface area (Å²) in [4.78, 5) is 0. The molecule has 0 spiro atoms. The third kappa shape index (κ3) is 7.64. The van der Waals surface area contributed by atoms with Crippen LogP contribution < -0.4 is 5.32 Å². The number of allylic oxidation sites excluding steroid dienone is 14. The number of nitrogens with zero attached hydrogens (tertiary/aromatic N) is 2. The van der Waals surface area contributed by atoms with Gasteiger partial charge >= 0.3 is 0 Å². The molecule has 3 heteroatoms. The Balaban J connectivity index is 1.20. The summed E-state index contributed by atoms with van der Waals surface area (Å²) < 4.78 is 4.79. The molecule has 0 bridgehead atoms. The van der Waals surface area contributed by atoms with E-state index in [1.54, 1.807) is 0 Å². The number of para-hydroxylation sites is 1. The van der Waals surface area contributed by atoms with Gasteiger partial charge in [-0.2, -0.15) is 0 Å². The van der Waals surface area contributed by atoms with E-state index in [4.69, 9.17) is 0 Å².